The van der Waals surface area contributed by atoms with Crippen molar-refractivity contribution in [2.24, 2.45) is 0 Å². The zero-order valence-corrected chi connectivity index (χ0v) is 12.0. The first kappa shape index (κ1) is 12.4. The van der Waals surface area contributed by atoms with E-state index in [1.807, 2.05) is 24.0 Å². The van der Waals surface area contributed by atoms with Crippen LogP contribution in [-0.4, -0.2) is 12.5 Å². The Morgan fingerprint density at radius 1 is 1.26 bits per heavy atom. The van der Waals surface area contributed by atoms with Gasteiger partial charge in [-0.25, -0.2) is 0 Å². The van der Waals surface area contributed by atoms with Crippen molar-refractivity contribution in [1.82, 2.24) is 0 Å². The smallest absolute Gasteiger partial charge is 0.234 e. The number of anilines is 1. The van der Waals surface area contributed by atoms with Crippen molar-refractivity contribution in [2.45, 2.75) is 26.2 Å². The Labute approximate surface area is 117 Å². The van der Waals surface area contributed by atoms with E-state index < -0.39 is 0 Å². The molecule has 3 rings (SSSR count). The number of hydrogen-bond donors (Lipinski definition) is 0. The fourth-order valence-electron chi connectivity index (χ4n) is 2.79. The van der Waals surface area contributed by atoms with Crippen LogP contribution in [0.2, 0.25) is 0 Å². The van der Waals surface area contributed by atoms with Crippen LogP contribution in [0.15, 0.2) is 35.7 Å². The van der Waals surface area contributed by atoms with E-state index in [1.54, 1.807) is 11.3 Å². The Hall–Kier alpha value is -1.61. The summed E-state index contributed by atoms with van der Waals surface area (Å²) in [6, 6.07) is 10.3. The minimum absolute atomic E-state index is 0.00602. The van der Waals surface area contributed by atoms with Gasteiger partial charge in [-0.05, 0) is 48.9 Å². The second-order valence-corrected chi connectivity index (χ2v) is 5.93. The molecule has 3 heteroatoms. The minimum atomic E-state index is -0.00602. The van der Waals surface area contributed by atoms with Crippen molar-refractivity contribution < 1.29 is 4.79 Å². The van der Waals surface area contributed by atoms with Gasteiger partial charge in [0, 0.05) is 17.1 Å². The number of para-hydroxylation sites is 1. The molecule has 1 aliphatic heterocycles. The van der Waals surface area contributed by atoms with E-state index >= 15 is 0 Å². The lowest BCUT2D eigenvalue weighted by Gasteiger charge is -2.15. The largest absolute Gasteiger partial charge is 0.312 e. The Morgan fingerprint density at radius 2 is 2.05 bits per heavy atom. The summed E-state index contributed by atoms with van der Waals surface area (Å²) in [5.41, 5.74) is 3.57. The molecular weight excluding hydrogens is 254 g/mol. The van der Waals surface area contributed by atoms with Gasteiger partial charge in [-0.1, -0.05) is 18.2 Å². The van der Waals surface area contributed by atoms with E-state index in [9.17, 15) is 4.79 Å². The summed E-state index contributed by atoms with van der Waals surface area (Å²) in [6.07, 6.45) is 0.829. The normalized spacial score (nSPS) is 17.9. The highest BCUT2D eigenvalue weighted by Gasteiger charge is 2.36. The van der Waals surface area contributed by atoms with Crippen LogP contribution in [0.1, 0.15) is 28.8 Å². The summed E-state index contributed by atoms with van der Waals surface area (Å²) in [5.74, 6) is 0.241. The zero-order valence-electron chi connectivity index (χ0n) is 11.2. The number of amides is 1. The SMILES string of the molecule is CCN1C(=O)[C@@H](Cc2sccc2C)c2ccccc21. The van der Waals surface area contributed by atoms with Gasteiger partial charge in [0.05, 0.1) is 5.92 Å². The third kappa shape index (κ3) is 1.98. The molecule has 1 atom stereocenters. The molecule has 0 saturated heterocycles. The van der Waals surface area contributed by atoms with E-state index in [1.165, 1.54) is 16.0 Å². The molecule has 19 heavy (non-hydrogen) atoms. The lowest BCUT2D eigenvalue weighted by molar-refractivity contribution is -0.119. The maximum absolute atomic E-state index is 12.6. The quantitative estimate of drug-likeness (QED) is 0.832. The molecule has 98 valence electrons. The van der Waals surface area contributed by atoms with E-state index in [-0.39, 0.29) is 11.8 Å². The molecular formula is C16H17NOS. The van der Waals surface area contributed by atoms with Gasteiger partial charge in [0.1, 0.15) is 0 Å². The standard InChI is InChI=1S/C16H17NOS/c1-3-17-14-7-5-4-6-12(14)13(16(17)18)10-15-11(2)8-9-19-15/h4-9,13H,3,10H2,1-2H3/t13-/m0/s1. The monoisotopic (exact) mass is 271 g/mol. The molecule has 1 aromatic heterocycles. The zero-order chi connectivity index (χ0) is 13.4. The maximum atomic E-state index is 12.6. The summed E-state index contributed by atoms with van der Waals surface area (Å²) >= 11 is 1.75. The summed E-state index contributed by atoms with van der Waals surface area (Å²) in [6.45, 7) is 4.90. The van der Waals surface area contributed by atoms with Crippen molar-refractivity contribution in [2.75, 3.05) is 11.4 Å². The first-order chi connectivity index (χ1) is 9.22. The summed E-state index contributed by atoms with van der Waals surface area (Å²) < 4.78 is 0. The van der Waals surface area contributed by atoms with Crippen LogP contribution in [0.3, 0.4) is 0 Å². The number of carbonyl (C=O) groups is 1. The number of rotatable bonds is 3. The Bertz CT molecular complexity index is 617. The van der Waals surface area contributed by atoms with E-state index in [4.69, 9.17) is 0 Å². The van der Waals surface area contributed by atoms with Crippen LogP contribution in [-0.2, 0) is 11.2 Å². The molecule has 2 nitrogen and oxygen atoms in total. The van der Waals surface area contributed by atoms with Crippen molar-refractivity contribution in [3.05, 3.63) is 51.7 Å². The summed E-state index contributed by atoms with van der Waals surface area (Å²) in [4.78, 5) is 15.8. The average Bonchev–Trinajstić information content (AvgIpc) is 2.93. The van der Waals surface area contributed by atoms with E-state index in [0.717, 1.165) is 18.7 Å². The second-order valence-electron chi connectivity index (χ2n) is 4.92. The molecule has 0 saturated carbocycles. The third-order valence-corrected chi connectivity index (χ3v) is 4.89. The van der Waals surface area contributed by atoms with Gasteiger partial charge in [0.25, 0.3) is 0 Å². The third-order valence-electron chi connectivity index (χ3n) is 3.84. The fraction of sp³-hybridized carbons (Fsp3) is 0.312. The number of likely N-dealkylation sites (N-methyl/N-ethyl adjacent to an activating group) is 1. The Morgan fingerprint density at radius 3 is 2.74 bits per heavy atom. The molecule has 2 heterocycles. The molecule has 0 unspecified atom stereocenters. The van der Waals surface area contributed by atoms with Crippen LogP contribution >= 0.6 is 11.3 Å². The number of benzene rings is 1. The van der Waals surface area contributed by atoms with Gasteiger partial charge in [-0.2, -0.15) is 0 Å². The fourth-order valence-corrected chi connectivity index (χ4v) is 3.74. The Kier molecular flexibility index (Phi) is 3.15. The van der Waals surface area contributed by atoms with Crippen molar-refractivity contribution in [3.63, 3.8) is 0 Å². The molecule has 0 bridgehead atoms. The number of thiophene rings is 1. The van der Waals surface area contributed by atoms with Crippen molar-refractivity contribution in [1.29, 1.82) is 0 Å². The lowest BCUT2D eigenvalue weighted by Crippen LogP contribution is -2.28. The topological polar surface area (TPSA) is 20.3 Å². The van der Waals surface area contributed by atoms with Crippen LogP contribution in [0.25, 0.3) is 0 Å². The van der Waals surface area contributed by atoms with E-state index in [2.05, 4.69) is 30.5 Å². The number of fused-ring (bicyclic) bond motifs is 1. The lowest BCUT2D eigenvalue weighted by atomic mass is 9.95. The molecule has 0 fully saturated rings. The molecule has 1 aliphatic rings. The second kappa shape index (κ2) is 4.82. The highest BCUT2D eigenvalue weighted by atomic mass is 32.1. The predicted octanol–water partition coefficient (Wildman–Crippen LogP) is 3.75. The minimum Gasteiger partial charge on any atom is -0.312 e. The van der Waals surface area contributed by atoms with Crippen LogP contribution in [0.5, 0.6) is 0 Å². The van der Waals surface area contributed by atoms with Crippen LogP contribution < -0.4 is 4.90 Å². The summed E-state index contributed by atoms with van der Waals surface area (Å²) in [5, 5.41) is 2.10. The Balaban J connectivity index is 1.98. The highest BCUT2D eigenvalue weighted by molar-refractivity contribution is 7.10. The molecule has 0 aliphatic carbocycles. The van der Waals surface area contributed by atoms with Gasteiger partial charge >= 0.3 is 0 Å². The van der Waals surface area contributed by atoms with Gasteiger partial charge in [-0.15, -0.1) is 11.3 Å². The molecule has 2 aromatic rings. The maximum Gasteiger partial charge on any atom is 0.234 e. The van der Waals surface area contributed by atoms with Crippen molar-refractivity contribution in [3.8, 4) is 0 Å². The highest BCUT2D eigenvalue weighted by Crippen LogP contribution is 2.39. The molecule has 1 aromatic carbocycles. The van der Waals surface area contributed by atoms with Crippen LogP contribution in [0.4, 0.5) is 5.69 Å². The van der Waals surface area contributed by atoms with Gasteiger partial charge in [-0.3, -0.25) is 4.79 Å². The first-order valence-corrected chi connectivity index (χ1v) is 7.53. The van der Waals surface area contributed by atoms with Gasteiger partial charge in [0.2, 0.25) is 5.91 Å². The van der Waals surface area contributed by atoms with Gasteiger partial charge in [0.15, 0.2) is 0 Å². The molecule has 1 amide bonds. The van der Waals surface area contributed by atoms with E-state index in [0.29, 0.717) is 0 Å². The average molecular weight is 271 g/mol. The molecule has 0 N–H and O–H groups in total. The number of carbonyl (C=O) groups excluding carboxylic acids is 1. The first-order valence-electron chi connectivity index (χ1n) is 6.65. The van der Waals surface area contributed by atoms with Crippen molar-refractivity contribution >= 4 is 22.9 Å². The number of nitrogens with zero attached hydrogens (tertiary/aromatic N) is 1. The molecule has 0 radical (unpaired) electrons. The van der Waals surface area contributed by atoms with Gasteiger partial charge < -0.3 is 4.90 Å². The molecule has 0 spiro atoms. The predicted molar refractivity (Wildman–Crippen MR) is 80.0 cm³/mol. The van der Waals surface area contributed by atoms with Crippen LogP contribution in [0, 0.1) is 6.92 Å². The number of aryl methyl sites for hydroxylation is 1. The summed E-state index contributed by atoms with van der Waals surface area (Å²) in [7, 11) is 0. The number of hydrogen-bond acceptors (Lipinski definition) is 2.